The topological polar surface area (TPSA) is 278 Å². The first-order valence-corrected chi connectivity index (χ1v) is 24.8. The number of carbonyl (C=O) groups is 6. The summed E-state index contributed by atoms with van der Waals surface area (Å²) in [6, 6.07) is 11.8. The van der Waals surface area contributed by atoms with E-state index >= 15 is 0 Å². The average molecular weight is 1020 g/mol. The van der Waals surface area contributed by atoms with E-state index in [4.69, 9.17) is 42.6 Å². The van der Waals surface area contributed by atoms with Crippen molar-refractivity contribution in [2.24, 2.45) is 4.99 Å². The third kappa shape index (κ3) is 31.7. The van der Waals surface area contributed by atoms with Crippen molar-refractivity contribution in [3.8, 4) is 5.75 Å². The zero-order valence-electron chi connectivity index (χ0n) is 40.7. The number of ketones is 1. The fraction of sp³-hybridized carbons (Fsp3) is 0.604. The molecule has 0 radical (unpaired) electrons. The number of ether oxygens (including phenoxy) is 9. The molecule has 6 N–H and O–H groups in total. The van der Waals surface area contributed by atoms with Crippen molar-refractivity contribution in [3.05, 3.63) is 54.1 Å². The molecule has 71 heavy (non-hydrogen) atoms. The number of benzene rings is 2. The summed E-state index contributed by atoms with van der Waals surface area (Å²) < 4.78 is 49.4. The number of Topliss-reactive ketones (excluding diaryl/α,β-unsaturated/α-hetero) is 1. The molecule has 0 saturated heterocycles. The van der Waals surface area contributed by atoms with Gasteiger partial charge in [0.2, 0.25) is 17.7 Å². The SMILES string of the molecule is CC(=O)SCCOCCOCCOCCOCCOCCOCCOCCOCCC(=O)NCCCOc1ccc(NC(=O)[C@H](CC(=O)O)NC(=O)CCC(=O)c2cccc(NC3=NCCCN3)c2)cc1. The van der Waals surface area contributed by atoms with Crippen LogP contribution in [-0.4, -0.2) is 189 Å². The summed E-state index contributed by atoms with van der Waals surface area (Å²) in [6.45, 7) is 10.7. The summed E-state index contributed by atoms with van der Waals surface area (Å²) in [5.41, 5.74) is 1.41. The van der Waals surface area contributed by atoms with Gasteiger partial charge in [0.1, 0.15) is 11.8 Å². The summed E-state index contributed by atoms with van der Waals surface area (Å²) >= 11 is 1.25. The molecule has 22 nitrogen and oxygen atoms in total. The van der Waals surface area contributed by atoms with Gasteiger partial charge in [0.25, 0.3) is 0 Å². The van der Waals surface area contributed by atoms with Crippen LogP contribution in [0.25, 0.3) is 0 Å². The Balaban J connectivity index is 1.10. The number of nitrogens with zero attached hydrogens (tertiary/aromatic N) is 1. The van der Waals surface area contributed by atoms with Crippen LogP contribution in [0.15, 0.2) is 53.5 Å². The molecule has 0 aromatic heterocycles. The lowest BCUT2D eigenvalue weighted by Gasteiger charge is -2.17. The number of rotatable bonds is 42. The maximum absolute atomic E-state index is 13.0. The lowest BCUT2D eigenvalue weighted by molar-refractivity contribution is -0.139. The minimum atomic E-state index is -1.38. The summed E-state index contributed by atoms with van der Waals surface area (Å²) in [5.74, 6) is -1.32. The normalized spacial score (nSPS) is 12.5. The first kappa shape index (κ1) is 60.1. The van der Waals surface area contributed by atoms with Crippen molar-refractivity contribution >= 4 is 63.7 Å². The predicted octanol–water partition coefficient (Wildman–Crippen LogP) is 2.70. The standard InChI is InChI=1S/C48H72N6O16S/c1-37(55)71-34-33-69-32-31-68-30-29-67-28-27-66-26-25-65-24-23-64-22-21-63-20-19-62-18-13-44(57)49-16-4-17-70-41-9-7-39(8-10-41)52-47(61)42(36-46(59)60)54-45(58)12-11-43(56)38-5-2-6-40(35-38)53-48-50-14-3-15-51-48/h2,5-10,35,42H,3-4,11-34,36H2,1H3,(H,49,57)(H,52,61)(H,54,58)(H,59,60)(H2,50,51,53)/t42-/m0/s1. The third-order valence-corrected chi connectivity index (χ3v) is 10.4. The van der Waals surface area contributed by atoms with E-state index in [0.717, 1.165) is 13.0 Å². The number of hydrogen-bond acceptors (Lipinski definition) is 19. The van der Waals surface area contributed by atoms with Crippen molar-refractivity contribution < 1.29 is 76.5 Å². The molecule has 3 rings (SSSR count). The van der Waals surface area contributed by atoms with E-state index in [-0.39, 0.29) is 42.7 Å². The molecule has 3 amide bonds. The Hall–Kier alpha value is -5.24. The Labute approximate surface area is 419 Å². The zero-order chi connectivity index (χ0) is 51.0. The molecule has 0 unspecified atom stereocenters. The highest BCUT2D eigenvalue weighted by atomic mass is 32.2. The van der Waals surface area contributed by atoms with Crippen molar-refractivity contribution in [1.82, 2.24) is 16.0 Å². The van der Waals surface area contributed by atoms with Gasteiger partial charge in [-0.1, -0.05) is 23.9 Å². The van der Waals surface area contributed by atoms with Crippen LogP contribution in [0.3, 0.4) is 0 Å². The molecule has 23 heteroatoms. The third-order valence-electron chi connectivity index (χ3n) is 9.60. The summed E-state index contributed by atoms with van der Waals surface area (Å²) in [7, 11) is 0. The van der Waals surface area contributed by atoms with E-state index in [0.29, 0.717) is 160 Å². The van der Waals surface area contributed by atoms with Gasteiger partial charge in [0.15, 0.2) is 16.9 Å². The molecule has 1 heterocycles. The lowest BCUT2D eigenvalue weighted by atomic mass is 10.1. The molecule has 2 aromatic carbocycles. The van der Waals surface area contributed by atoms with Gasteiger partial charge < -0.3 is 74.3 Å². The minimum Gasteiger partial charge on any atom is -0.494 e. The molecule has 0 saturated carbocycles. The molecule has 0 fully saturated rings. The number of nitrogens with one attached hydrogen (secondary N) is 5. The van der Waals surface area contributed by atoms with Gasteiger partial charge >= 0.3 is 5.97 Å². The van der Waals surface area contributed by atoms with Crippen LogP contribution in [0.4, 0.5) is 11.4 Å². The molecular weight excluding hydrogens is 949 g/mol. The van der Waals surface area contributed by atoms with Gasteiger partial charge in [-0.2, -0.15) is 0 Å². The maximum atomic E-state index is 13.0. The van der Waals surface area contributed by atoms with Gasteiger partial charge in [-0.05, 0) is 49.2 Å². The molecule has 1 aliphatic rings. The van der Waals surface area contributed by atoms with E-state index in [2.05, 4.69) is 31.6 Å². The van der Waals surface area contributed by atoms with Crippen molar-refractivity contribution in [2.75, 3.05) is 148 Å². The first-order chi connectivity index (χ1) is 34.6. The number of carboxylic acids is 1. The molecule has 396 valence electrons. The van der Waals surface area contributed by atoms with Crippen LogP contribution in [0.1, 0.15) is 55.8 Å². The summed E-state index contributed by atoms with van der Waals surface area (Å²) in [4.78, 5) is 77.5. The molecule has 0 spiro atoms. The molecular formula is C48H72N6O16S. The molecule has 2 aromatic rings. The summed E-state index contributed by atoms with van der Waals surface area (Å²) in [6.07, 6.45) is 0.634. The fourth-order valence-corrected chi connectivity index (χ4v) is 6.53. The van der Waals surface area contributed by atoms with Gasteiger partial charge in [0, 0.05) is 68.5 Å². The number of anilines is 2. The number of carbonyl (C=O) groups excluding carboxylic acids is 5. The predicted molar refractivity (Wildman–Crippen MR) is 265 cm³/mol. The van der Waals surface area contributed by atoms with Gasteiger partial charge in [-0.25, -0.2) is 0 Å². The largest absolute Gasteiger partial charge is 0.494 e. The van der Waals surface area contributed by atoms with Crippen LogP contribution in [0.5, 0.6) is 5.75 Å². The van der Waals surface area contributed by atoms with Crippen LogP contribution >= 0.6 is 11.8 Å². The van der Waals surface area contributed by atoms with E-state index in [1.54, 1.807) is 48.5 Å². The van der Waals surface area contributed by atoms with Crippen LogP contribution in [0, 0.1) is 0 Å². The Morgan fingerprint density at radius 3 is 1.80 bits per heavy atom. The van der Waals surface area contributed by atoms with Gasteiger partial charge in [-0.15, -0.1) is 0 Å². The number of aliphatic imine (C=N–C) groups is 1. The number of carboxylic acid groups (broad SMARTS) is 1. The number of thioether (sulfide) groups is 1. The van der Waals surface area contributed by atoms with Gasteiger partial charge in [0.05, 0.1) is 119 Å². The van der Waals surface area contributed by atoms with E-state index in [1.165, 1.54) is 18.7 Å². The Kier molecular flexibility index (Phi) is 33.3. The van der Waals surface area contributed by atoms with Crippen LogP contribution in [0.2, 0.25) is 0 Å². The van der Waals surface area contributed by atoms with Crippen LogP contribution in [-0.2, 0) is 61.9 Å². The second-order valence-corrected chi connectivity index (χ2v) is 16.7. The smallest absolute Gasteiger partial charge is 0.305 e. The van der Waals surface area contributed by atoms with E-state index in [1.807, 2.05) is 0 Å². The highest BCUT2D eigenvalue weighted by Gasteiger charge is 2.24. The second kappa shape index (κ2) is 39.4. The lowest BCUT2D eigenvalue weighted by Crippen LogP contribution is -2.45. The average Bonchev–Trinajstić information content (AvgIpc) is 3.35. The van der Waals surface area contributed by atoms with Crippen molar-refractivity contribution in [2.45, 2.75) is 51.5 Å². The number of amides is 3. The Bertz CT molecular complexity index is 1880. The van der Waals surface area contributed by atoms with Crippen LogP contribution < -0.4 is 31.3 Å². The fourth-order valence-electron chi connectivity index (χ4n) is 6.04. The Morgan fingerprint density at radius 2 is 1.25 bits per heavy atom. The molecule has 1 atom stereocenters. The number of hydrogen-bond donors (Lipinski definition) is 6. The number of guanidine groups is 1. The van der Waals surface area contributed by atoms with Gasteiger partial charge in [-0.3, -0.25) is 33.8 Å². The monoisotopic (exact) mass is 1020 g/mol. The highest BCUT2D eigenvalue weighted by molar-refractivity contribution is 8.13. The summed E-state index contributed by atoms with van der Waals surface area (Å²) in [5, 5.41) is 23.6. The zero-order valence-corrected chi connectivity index (χ0v) is 41.5. The minimum absolute atomic E-state index is 0.0873. The first-order valence-electron chi connectivity index (χ1n) is 23.8. The quantitative estimate of drug-likeness (QED) is 0.0412. The second-order valence-electron chi connectivity index (χ2n) is 15.4. The highest BCUT2D eigenvalue weighted by Crippen LogP contribution is 2.17. The molecule has 0 aliphatic carbocycles. The maximum Gasteiger partial charge on any atom is 0.305 e. The van der Waals surface area contributed by atoms with Crippen molar-refractivity contribution in [1.29, 1.82) is 0 Å². The van der Waals surface area contributed by atoms with E-state index < -0.39 is 30.2 Å². The molecule has 0 bridgehead atoms. The molecule has 1 aliphatic heterocycles. The van der Waals surface area contributed by atoms with Crippen molar-refractivity contribution in [3.63, 3.8) is 0 Å². The Morgan fingerprint density at radius 1 is 0.676 bits per heavy atom. The van der Waals surface area contributed by atoms with E-state index in [9.17, 15) is 33.9 Å². The number of aliphatic carboxylic acids is 1.